The van der Waals surface area contributed by atoms with Crippen LogP contribution in [0.25, 0.3) is 11.0 Å². The van der Waals surface area contributed by atoms with E-state index in [1.807, 2.05) is 24.3 Å². The number of hydrogen-bond donors (Lipinski definition) is 3. The van der Waals surface area contributed by atoms with Crippen molar-refractivity contribution in [3.8, 4) is 5.88 Å². The quantitative estimate of drug-likeness (QED) is 0.400. The van der Waals surface area contributed by atoms with Crippen molar-refractivity contribution >= 4 is 39.4 Å². The van der Waals surface area contributed by atoms with Crippen LogP contribution in [-0.2, 0) is 6.61 Å². The molecule has 32 heavy (non-hydrogen) atoms. The molecule has 1 aromatic carbocycles. The molecule has 0 atom stereocenters. The van der Waals surface area contributed by atoms with Crippen molar-refractivity contribution < 1.29 is 18.7 Å². The number of nitrogens with one attached hydrogen (secondary N) is 2. The van der Waals surface area contributed by atoms with Crippen LogP contribution in [0.1, 0.15) is 41.6 Å². The number of benzene rings is 1. The van der Waals surface area contributed by atoms with Gasteiger partial charge in [-0.1, -0.05) is 12.1 Å². The first-order chi connectivity index (χ1) is 15.6. The lowest BCUT2D eigenvalue weighted by molar-refractivity contribution is 0.0996. The fraction of sp³-hybridized carbons (Fsp3) is 0.409. The van der Waals surface area contributed by atoms with E-state index >= 15 is 0 Å². The van der Waals surface area contributed by atoms with E-state index in [0.29, 0.717) is 6.54 Å². The molecule has 1 fully saturated rings. The molecule has 0 spiro atoms. The number of primary amides is 1. The molecule has 0 unspecified atom stereocenters. The normalized spacial score (nSPS) is 14.0. The van der Waals surface area contributed by atoms with Crippen LogP contribution in [0.4, 0.5) is 9.80 Å². The van der Waals surface area contributed by atoms with Gasteiger partial charge in [0.05, 0.1) is 6.26 Å². The Morgan fingerprint density at radius 1 is 1.22 bits per heavy atom. The predicted octanol–water partition coefficient (Wildman–Crippen LogP) is 3.56. The average molecular weight is 458 g/mol. The summed E-state index contributed by atoms with van der Waals surface area (Å²) >= 11 is 0.959. The number of likely N-dealkylation sites (tertiary alicyclic amines) is 1. The minimum Gasteiger partial charge on any atom is -0.472 e. The van der Waals surface area contributed by atoms with E-state index < -0.39 is 11.9 Å². The van der Waals surface area contributed by atoms with Gasteiger partial charge in [-0.05, 0) is 74.5 Å². The van der Waals surface area contributed by atoms with Crippen LogP contribution in [0.15, 0.2) is 34.9 Å². The number of fused-ring (bicyclic) bond motifs is 1. The summed E-state index contributed by atoms with van der Waals surface area (Å²) in [5.74, 6) is -0.612. The molecule has 3 amide bonds. The first-order valence-corrected chi connectivity index (χ1v) is 11.5. The second-order valence-electron chi connectivity index (χ2n) is 7.77. The van der Waals surface area contributed by atoms with Crippen molar-refractivity contribution in [3.05, 3.63) is 41.7 Å². The van der Waals surface area contributed by atoms with E-state index in [1.54, 1.807) is 6.26 Å². The fourth-order valence-corrected chi connectivity index (χ4v) is 4.47. The zero-order valence-electron chi connectivity index (χ0n) is 17.8. The molecule has 9 nitrogen and oxygen atoms in total. The molecule has 4 rings (SSSR count). The molecular weight excluding hydrogens is 430 g/mol. The number of ether oxygens (including phenoxy) is 1. The number of rotatable bonds is 10. The summed E-state index contributed by atoms with van der Waals surface area (Å²) < 4.78 is 15.3. The van der Waals surface area contributed by atoms with E-state index in [-0.39, 0.29) is 23.1 Å². The van der Waals surface area contributed by atoms with Crippen molar-refractivity contribution in [3.63, 3.8) is 0 Å². The molecule has 10 heteroatoms. The van der Waals surface area contributed by atoms with Crippen molar-refractivity contribution in [1.29, 1.82) is 0 Å². The number of carbonyl (C=O) groups excluding carboxylic acids is 2. The average Bonchev–Trinajstić information content (AvgIpc) is 3.52. The lowest BCUT2D eigenvalue weighted by Gasteiger charge is -2.14. The number of nitrogens with two attached hydrogens (primary N) is 1. The molecule has 170 valence electrons. The highest BCUT2D eigenvalue weighted by Gasteiger charge is 2.22. The summed E-state index contributed by atoms with van der Waals surface area (Å²) in [6.45, 7) is 4.16. The number of unbranched alkanes of at least 4 members (excludes halogenated alkanes) is 1. The molecule has 0 aliphatic carbocycles. The second kappa shape index (κ2) is 10.5. The van der Waals surface area contributed by atoms with Gasteiger partial charge in [0.1, 0.15) is 22.8 Å². The third-order valence-corrected chi connectivity index (χ3v) is 6.16. The van der Waals surface area contributed by atoms with Gasteiger partial charge < -0.3 is 25.1 Å². The Bertz CT molecular complexity index is 1070. The number of carbonyl (C=O) groups is 2. The predicted molar refractivity (Wildman–Crippen MR) is 123 cm³/mol. The number of urea groups is 1. The van der Waals surface area contributed by atoms with Gasteiger partial charge in [0, 0.05) is 11.9 Å². The molecule has 0 bridgehead atoms. The number of anilines is 1. The van der Waals surface area contributed by atoms with Crippen LogP contribution in [-0.4, -0.2) is 47.4 Å². The summed E-state index contributed by atoms with van der Waals surface area (Å²) in [7, 11) is 0. The van der Waals surface area contributed by atoms with Gasteiger partial charge >= 0.3 is 6.03 Å². The van der Waals surface area contributed by atoms with E-state index in [2.05, 4.69) is 19.9 Å². The topological polar surface area (TPSA) is 123 Å². The molecule has 3 aromatic rings. The SMILES string of the molecule is NC(=O)c1c(OCc2ccc3ccoc3c2)nsc1NC(=O)NCCCCN1CCCC1. The molecule has 3 heterocycles. The van der Waals surface area contributed by atoms with Crippen LogP contribution in [0, 0.1) is 0 Å². The van der Waals surface area contributed by atoms with Gasteiger partial charge in [-0.15, -0.1) is 0 Å². The van der Waals surface area contributed by atoms with Crippen LogP contribution in [0.2, 0.25) is 0 Å². The van der Waals surface area contributed by atoms with E-state index in [4.69, 9.17) is 14.9 Å². The Morgan fingerprint density at radius 2 is 2.06 bits per heavy atom. The second-order valence-corrected chi connectivity index (χ2v) is 8.55. The maximum atomic E-state index is 12.2. The monoisotopic (exact) mass is 457 g/mol. The van der Waals surface area contributed by atoms with Crippen LogP contribution in [0.3, 0.4) is 0 Å². The lowest BCUT2D eigenvalue weighted by Crippen LogP contribution is -2.30. The first kappa shape index (κ1) is 22.1. The number of hydrogen-bond acceptors (Lipinski definition) is 7. The zero-order valence-corrected chi connectivity index (χ0v) is 18.6. The highest BCUT2D eigenvalue weighted by molar-refractivity contribution is 7.11. The Labute approximate surface area is 190 Å². The minimum absolute atomic E-state index is 0.0678. The van der Waals surface area contributed by atoms with Crippen LogP contribution < -0.4 is 21.1 Å². The fourth-order valence-electron chi connectivity index (χ4n) is 3.73. The third kappa shape index (κ3) is 5.57. The van der Waals surface area contributed by atoms with Gasteiger partial charge in [-0.2, -0.15) is 4.37 Å². The van der Waals surface area contributed by atoms with Gasteiger partial charge in [0.2, 0.25) is 5.88 Å². The highest BCUT2D eigenvalue weighted by atomic mass is 32.1. The third-order valence-electron chi connectivity index (χ3n) is 5.42. The van der Waals surface area contributed by atoms with E-state index in [9.17, 15) is 9.59 Å². The number of furan rings is 1. The van der Waals surface area contributed by atoms with Crippen molar-refractivity contribution in [1.82, 2.24) is 14.6 Å². The molecule has 1 saturated heterocycles. The molecule has 2 aromatic heterocycles. The smallest absolute Gasteiger partial charge is 0.319 e. The van der Waals surface area contributed by atoms with Crippen molar-refractivity contribution in [2.45, 2.75) is 32.3 Å². The Hall–Kier alpha value is -3.11. The molecule has 1 aliphatic rings. The van der Waals surface area contributed by atoms with Gasteiger partial charge in [-0.25, -0.2) is 4.79 Å². The summed E-state index contributed by atoms with van der Waals surface area (Å²) in [6.07, 6.45) is 6.11. The van der Waals surface area contributed by atoms with E-state index in [1.165, 1.54) is 25.9 Å². The number of aromatic nitrogens is 1. The van der Waals surface area contributed by atoms with Crippen LogP contribution >= 0.6 is 11.5 Å². The number of nitrogens with zero attached hydrogens (tertiary/aromatic N) is 2. The molecule has 0 radical (unpaired) electrons. The summed E-state index contributed by atoms with van der Waals surface area (Å²) in [4.78, 5) is 26.7. The molecular formula is C22H27N5O4S. The molecule has 1 aliphatic heterocycles. The number of amides is 3. The van der Waals surface area contributed by atoms with Gasteiger partial charge in [-0.3, -0.25) is 10.1 Å². The van der Waals surface area contributed by atoms with Gasteiger partial charge in [0.25, 0.3) is 5.91 Å². The van der Waals surface area contributed by atoms with Gasteiger partial charge in [0.15, 0.2) is 0 Å². The summed E-state index contributed by atoms with van der Waals surface area (Å²) in [5.41, 5.74) is 7.20. The zero-order chi connectivity index (χ0) is 22.3. The maximum Gasteiger partial charge on any atom is 0.319 e. The first-order valence-electron chi connectivity index (χ1n) is 10.8. The van der Waals surface area contributed by atoms with Crippen molar-refractivity contribution in [2.75, 3.05) is 31.5 Å². The largest absolute Gasteiger partial charge is 0.472 e. The molecule has 4 N–H and O–H groups in total. The summed E-state index contributed by atoms with van der Waals surface area (Å²) in [6, 6.07) is 7.18. The summed E-state index contributed by atoms with van der Waals surface area (Å²) in [5, 5.41) is 6.74. The van der Waals surface area contributed by atoms with Crippen molar-refractivity contribution in [2.24, 2.45) is 5.73 Å². The Morgan fingerprint density at radius 3 is 2.88 bits per heavy atom. The lowest BCUT2D eigenvalue weighted by atomic mass is 10.2. The minimum atomic E-state index is -0.712. The maximum absolute atomic E-state index is 12.2. The van der Waals surface area contributed by atoms with Crippen LogP contribution in [0.5, 0.6) is 5.88 Å². The standard InChI is InChI=1S/C22H27N5O4S/c23-19(28)18-20(31-14-15-5-6-16-7-12-30-17(16)13-15)26-32-21(18)25-22(29)24-8-1-2-9-27-10-3-4-11-27/h5-7,12-13H,1-4,8-11,14H2,(H2,23,28)(H2,24,25,29). The Balaban J connectivity index is 1.27. The Kier molecular flexibility index (Phi) is 7.23. The van der Waals surface area contributed by atoms with E-state index in [0.717, 1.165) is 47.5 Å². The molecule has 0 saturated carbocycles. The highest BCUT2D eigenvalue weighted by Crippen LogP contribution is 2.31.